The molecule has 0 aromatic heterocycles. The molecule has 2 amide bonds. The molecular weight excluding hydrogens is 398 g/mol. The number of amides is 2. The molecule has 0 atom stereocenters. The highest BCUT2D eigenvalue weighted by Crippen LogP contribution is 2.27. The number of nitrogens with one attached hydrogen (secondary N) is 1. The third-order valence-electron chi connectivity index (χ3n) is 6.61. The molecule has 5 heteroatoms. The Balaban J connectivity index is 1.20. The van der Waals surface area contributed by atoms with E-state index in [1.165, 1.54) is 24.0 Å². The number of aryl methyl sites for hydroxylation is 1. The first-order chi connectivity index (χ1) is 15.6. The van der Waals surface area contributed by atoms with Crippen molar-refractivity contribution in [1.82, 2.24) is 10.2 Å². The van der Waals surface area contributed by atoms with E-state index in [0.29, 0.717) is 23.5 Å². The fourth-order valence-electron chi connectivity index (χ4n) is 4.35. The second-order valence-corrected chi connectivity index (χ2v) is 9.20. The first-order valence-electron chi connectivity index (χ1n) is 11.7. The van der Waals surface area contributed by atoms with Gasteiger partial charge in [-0.2, -0.15) is 5.26 Å². The molecule has 166 valence electrons. The summed E-state index contributed by atoms with van der Waals surface area (Å²) >= 11 is 0. The molecule has 32 heavy (non-hydrogen) atoms. The lowest BCUT2D eigenvalue weighted by Crippen LogP contribution is -2.38. The Morgan fingerprint density at radius 1 is 0.969 bits per heavy atom. The van der Waals surface area contributed by atoms with Gasteiger partial charge in [0.2, 0.25) is 5.91 Å². The van der Waals surface area contributed by atoms with E-state index in [4.69, 9.17) is 5.26 Å². The molecule has 1 saturated carbocycles. The van der Waals surface area contributed by atoms with Crippen LogP contribution in [0.3, 0.4) is 0 Å². The van der Waals surface area contributed by atoms with Gasteiger partial charge in [0.25, 0.3) is 5.91 Å². The first kappa shape index (κ1) is 22.1. The largest absolute Gasteiger partial charge is 0.356 e. The van der Waals surface area contributed by atoms with Gasteiger partial charge in [-0.1, -0.05) is 30.3 Å². The Morgan fingerprint density at radius 3 is 2.38 bits per heavy atom. The fraction of sp³-hybridized carbons (Fsp3) is 0.444. The molecule has 0 spiro atoms. The van der Waals surface area contributed by atoms with Gasteiger partial charge >= 0.3 is 0 Å². The summed E-state index contributed by atoms with van der Waals surface area (Å²) in [5, 5.41) is 12.1. The minimum atomic E-state index is 0.0195. The lowest BCUT2D eigenvalue weighted by molar-refractivity contribution is -0.121. The molecule has 1 aliphatic heterocycles. The van der Waals surface area contributed by atoms with Crippen LogP contribution in [0.2, 0.25) is 0 Å². The number of hydrogen-bond acceptors (Lipinski definition) is 3. The van der Waals surface area contributed by atoms with Gasteiger partial charge in [-0.25, -0.2) is 0 Å². The van der Waals surface area contributed by atoms with E-state index < -0.39 is 0 Å². The molecule has 1 aliphatic carbocycles. The van der Waals surface area contributed by atoms with E-state index in [-0.39, 0.29) is 11.8 Å². The van der Waals surface area contributed by atoms with E-state index in [0.717, 1.165) is 51.2 Å². The molecule has 2 aromatic rings. The van der Waals surface area contributed by atoms with Crippen LogP contribution < -0.4 is 5.32 Å². The van der Waals surface area contributed by atoms with Gasteiger partial charge < -0.3 is 10.2 Å². The summed E-state index contributed by atoms with van der Waals surface area (Å²) in [4.78, 5) is 26.6. The van der Waals surface area contributed by atoms with Crippen molar-refractivity contribution in [3.63, 3.8) is 0 Å². The number of hydrogen-bond donors (Lipinski definition) is 1. The van der Waals surface area contributed by atoms with Crippen molar-refractivity contribution < 1.29 is 9.59 Å². The Kier molecular flexibility index (Phi) is 7.21. The Labute approximate surface area is 190 Å². The van der Waals surface area contributed by atoms with Crippen LogP contribution in [0.25, 0.3) is 0 Å². The lowest BCUT2D eigenvalue weighted by atomic mass is 9.89. The van der Waals surface area contributed by atoms with E-state index in [9.17, 15) is 9.59 Å². The molecule has 2 aromatic carbocycles. The van der Waals surface area contributed by atoms with Crippen LogP contribution in [-0.4, -0.2) is 36.3 Å². The zero-order valence-corrected chi connectivity index (χ0v) is 18.6. The lowest BCUT2D eigenvalue weighted by Gasteiger charge is -2.32. The normalized spacial score (nSPS) is 16.4. The molecule has 2 fully saturated rings. The summed E-state index contributed by atoms with van der Waals surface area (Å²) in [5.41, 5.74) is 3.64. The summed E-state index contributed by atoms with van der Waals surface area (Å²) in [6.07, 6.45) is 6.86. The smallest absolute Gasteiger partial charge is 0.253 e. The fourth-order valence-corrected chi connectivity index (χ4v) is 4.35. The van der Waals surface area contributed by atoms with E-state index in [1.54, 1.807) is 24.3 Å². The van der Waals surface area contributed by atoms with Crippen LogP contribution in [0.4, 0.5) is 0 Å². The van der Waals surface area contributed by atoms with E-state index in [1.807, 2.05) is 4.90 Å². The second kappa shape index (κ2) is 10.5. The maximum atomic E-state index is 12.7. The molecule has 0 radical (unpaired) electrons. The minimum Gasteiger partial charge on any atom is -0.356 e. The SMILES string of the molecule is N#Cc1cccc(C(=O)N2CCC(Cc3ccc(CCC(=O)NCC4CC4)cc3)CC2)c1. The van der Waals surface area contributed by atoms with Crippen molar-refractivity contribution in [2.45, 2.75) is 44.9 Å². The van der Waals surface area contributed by atoms with Crippen LogP contribution in [0.1, 0.15) is 59.2 Å². The predicted octanol–water partition coefficient (Wildman–Crippen LogP) is 4.11. The number of nitrogens with zero attached hydrogens (tertiary/aromatic N) is 2. The molecule has 1 N–H and O–H groups in total. The monoisotopic (exact) mass is 429 g/mol. The van der Waals surface area contributed by atoms with Crippen LogP contribution in [0.5, 0.6) is 0 Å². The molecule has 0 bridgehead atoms. The Hall–Kier alpha value is -3.13. The standard InChI is InChI=1S/C27H31N3O2/c28-18-24-2-1-3-25(17-24)27(32)30-14-12-22(13-15-30)16-21-6-4-20(5-7-21)10-11-26(31)29-19-23-8-9-23/h1-7,17,22-23H,8-16,19H2,(H,29,31). The van der Waals surface area contributed by atoms with Gasteiger partial charge in [-0.15, -0.1) is 0 Å². The van der Waals surface area contributed by atoms with E-state index in [2.05, 4.69) is 35.7 Å². The van der Waals surface area contributed by atoms with Gasteiger partial charge in [0, 0.05) is 31.6 Å². The van der Waals surface area contributed by atoms with Crippen molar-refractivity contribution in [1.29, 1.82) is 5.26 Å². The number of carbonyl (C=O) groups is 2. The molecule has 1 heterocycles. The highest BCUT2D eigenvalue weighted by Gasteiger charge is 2.24. The average molecular weight is 430 g/mol. The third kappa shape index (κ3) is 6.20. The van der Waals surface area contributed by atoms with Gasteiger partial charge in [0.05, 0.1) is 11.6 Å². The highest BCUT2D eigenvalue weighted by molar-refractivity contribution is 5.94. The maximum absolute atomic E-state index is 12.7. The first-order valence-corrected chi connectivity index (χ1v) is 11.7. The third-order valence-corrected chi connectivity index (χ3v) is 6.61. The van der Waals surface area contributed by atoms with Gasteiger partial charge in [-0.3, -0.25) is 9.59 Å². The van der Waals surface area contributed by atoms with Crippen LogP contribution in [-0.2, 0) is 17.6 Å². The van der Waals surface area contributed by atoms with Gasteiger partial charge in [0.1, 0.15) is 0 Å². The van der Waals surface area contributed by atoms with E-state index >= 15 is 0 Å². The second-order valence-electron chi connectivity index (χ2n) is 9.20. The highest BCUT2D eigenvalue weighted by atomic mass is 16.2. The number of likely N-dealkylation sites (tertiary alicyclic amines) is 1. The quantitative estimate of drug-likeness (QED) is 0.686. The zero-order chi connectivity index (χ0) is 22.3. The molecule has 4 rings (SSSR count). The number of piperidine rings is 1. The molecule has 1 saturated heterocycles. The number of benzene rings is 2. The summed E-state index contributed by atoms with van der Waals surface area (Å²) in [6, 6.07) is 17.7. The summed E-state index contributed by atoms with van der Waals surface area (Å²) < 4.78 is 0. The van der Waals surface area contributed by atoms with Crippen LogP contribution in [0.15, 0.2) is 48.5 Å². The van der Waals surface area contributed by atoms with Crippen molar-refractivity contribution >= 4 is 11.8 Å². The topological polar surface area (TPSA) is 73.2 Å². The zero-order valence-electron chi connectivity index (χ0n) is 18.6. The van der Waals surface area contributed by atoms with Crippen molar-refractivity contribution in [2.24, 2.45) is 11.8 Å². The average Bonchev–Trinajstić information content (AvgIpc) is 3.67. The maximum Gasteiger partial charge on any atom is 0.253 e. The van der Waals surface area contributed by atoms with Gasteiger partial charge in [0.15, 0.2) is 0 Å². The van der Waals surface area contributed by atoms with Gasteiger partial charge in [-0.05, 0) is 79.7 Å². The Bertz CT molecular complexity index is 981. The summed E-state index contributed by atoms with van der Waals surface area (Å²) in [6.45, 7) is 2.36. The number of nitriles is 1. The summed E-state index contributed by atoms with van der Waals surface area (Å²) in [5.74, 6) is 1.47. The minimum absolute atomic E-state index is 0.0195. The number of carbonyl (C=O) groups excluding carboxylic acids is 2. The van der Waals surface area contributed by atoms with Crippen molar-refractivity contribution in [3.05, 3.63) is 70.8 Å². The number of rotatable bonds is 8. The summed E-state index contributed by atoms with van der Waals surface area (Å²) in [7, 11) is 0. The predicted molar refractivity (Wildman–Crippen MR) is 124 cm³/mol. The van der Waals surface area contributed by atoms with Crippen LogP contribution >= 0.6 is 0 Å². The molecular formula is C27H31N3O2. The van der Waals surface area contributed by atoms with Crippen LogP contribution in [0, 0.1) is 23.2 Å². The molecule has 2 aliphatic rings. The van der Waals surface area contributed by atoms with Crippen molar-refractivity contribution in [2.75, 3.05) is 19.6 Å². The Morgan fingerprint density at radius 2 is 1.69 bits per heavy atom. The van der Waals surface area contributed by atoms with Crippen molar-refractivity contribution in [3.8, 4) is 6.07 Å². The molecule has 0 unspecified atom stereocenters. The molecule has 5 nitrogen and oxygen atoms in total.